The molecule has 0 radical (unpaired) electrons. The van der Waals surface area contributed by atoms with Crippen LogP contribution in [0, 0.1) is 11.3 Å². The van der Waals surface area contributed by atoms with E-state index in [-0.39, 0.29) is 18.1 Å². The Labute approximate surface area is 172 Å². The predicted molar refractivity (Wildman–Crippen MR) is 109 cm³/mol. The summed E-state index contributed by atoms with van der Waals surface area (Å²) in [6, 6.07) is 16.1. The molecule has 3 aromatic rings. The zero-order valence-electron chi connectivity index (χ0n) is 15.6. The maximum atomic E-state index is 11.5. The van der Waals surface area contributed by atoms with Crippen molar-refractivity contribution in [3.8, 4) is 17.6 Å². The number of phenolic OH excluding ortho intramolecular Hbond substituents is 1. The summed E-state index contributed by atoms with van der Waals surface area (Å²) in [5.41, 5.74) is 1.57. The van der Waals surface area contributed by atoms with Gasteiger partial charge in [-0.1, -0.05) is 17.8 Å². The number of hydrogen-bond donors (Lipinski definition) is 2. The highest BCUT2D eigenvalue weighted by atomic mass is 32.2. The molecule has 2 N–H and O–H groups in total. The van der Waals surface area contributed by atoms with Crippen molar-refractivity contribution in [2.24, 2.45) is 0 Å². The molecule has 29 heavy (non-hydrogen) atoms. The van der Waals surface area contributed by atoms with Gasteiger partial charge in [-0.3, -0.25) is 4.79 Å². The fourth-order valence-corrected chi connectivity index (χ4v) is 3.33. The second kappa shape index (κ2) is 9.57. The first kappa shape index (κ1) is 20.2. The van der Waals surface area contributed by atoms with Crippen LogP contribution in [-0.4, -0.2) is 28.1 Å². The number of aromatic hydroxyl groups is 1. The van der Waals surface area contributed by atoms with Crippen LogP contribution in [0.3, 0.4) is 0 Å². The Hall–Kier alpha value is -3.57. The molecule has 1 amide bonds. The Morgan fingerprint density at radius 2 is 2.03 bits per heavy atom. The van der Waals surface area contributed by atoms with E-state index >= 15 is 0 Å². The number of nitrogens with zero attached hydrogens (tertiary/aromatic N) is 3. The third-order valence-corrected chi connectivity index (χ3v) is 4.83. The quantitative estimate of drug-likeness (QED) is 0.575. The normalized spacial score (nSPS) is 10.2. The molecule has 0 spiro atoms. The van der Waals surface area contributed by atoms with Gasteiger partial charge in [-0.15, -0.1) is 0 Å². The smallest absolute Gasteiger partial charge is 0.238 e. The summed E-state index contributed by atoms with van der Waals surface area (Å²) in [5, 5.41) is 21.7. The number of methoxy groups -OCH3 is 1. The van der Waals surface area contributed by atoms with E-state index in [2.05, 4.69) is 15.3 Å². The number of hydrogen-bond acceptors (Lipinski definition) is 7. The Morgan fingerprint density at radius 1 is 1.24 bits per heavy atom. The van der Waals surface area contributed by atoms with E-state index in [1.807, 2.05) is 24.3 Å². The summed E-state index contributed by atoms with van der Waals surface area (Å²) in [7, 11) is 1.51. The van der Waals surface area contributed by atoms with Crippen molar-refractivity contribution in [2.45, 2.75) is 22.8 Å². The van der Waals surface area contributed by atoms with E-state index in [0.717, 1.165) is 15.5 Å². The standard InChI is InChI=1S/C21H18N4O3S/c1-28-18-12-14(2-7-17(18)26)13-19-23-11-9-21(25-19)29-16-5-3-15(4-6-16)24-20(27)8-10-22/h2-7,9,11-12,26H,8,13H2,1H3,(H,24,27). The summed E-state index contributed by atoms with van der Waals surface area (Å²) < 4.78 is 5.14. The molecule has 0 saturated carbocycles. The van der Waals surface area contributed by atoms with E-state index in [0.29, 0.717) is 23.7 Å². The lowest BCUT2D eigenvalue weighted by Gasteiger charge is -2.07. The molecule has 0 fully saturated rings. The monoisotopic (exact) mass is 406 g/mol. The van der Waals surface area contributed by atoms with E-state index in [9.17, 15) is 9.90 Å². The van der Waals surface area contributed by atoms with Crippen molar-refractivity contribution in [1.82, 2.24) is 9.97 Å². The fraction of sp³-hybridized carbons (Fsp3) is 0.143. The molecule has 0 unspecified atom stereocenters. The highest BCUT2D eigenvalue weighted by Crippen LogP contribution is 2.29. The summed E-state index contributed by atoms with van der Waals surface area (Å²) in [6.07, 6.45) is 2.04. The first-order chi connectivity index (χ1) is 14.1. The van der Waals surface area contributed by atoms with Crippen LogP contribution in [0.1, 0.15) is 17.8 Å². The maximum absolute atomic E-state index is 11.5. The minimum Gasteiger partial charge on any atom is -0.504 e. The van der Waals surface area contributed by atoms with Crippen molar-refractivity contribution in [2.75, 3.05) is 12.4 Å². The molecular formula is C21H18N4O3S. The van der Waals surface area contributed by atoms with Gasteiger partial charge in [0.05, 0.1) is 13.2 Å². The number of amides is 1. The molecule has 3 rings (SSSR count). The average Bonchev–Trinajstić information content (AvgIpc) is 2.71. The van der Waals surface area contributed by atoms with Crippen LogP contribution in [0.2, 0.25) is 0 Å². The third-order valence-electron chi connectivity index (χ3n) is 3.89. The molecule has 1 heterocycles. The number of rotatable bonds is 7. The van der Waals surface area contributed by atoms with Crippen molar-refractivity contribution >= 4 is 23.4 Å². The number of carbonyl (C=O) groups excluding carboxylic acids is 1. The maximum Gasteiger partial charge on any atom is 0.238 e. The number of benzene rings is 2. The van der Waals surface area contributed by atoms with Crippen LogP contribution < -0.4 is 10.1 Å². The van der Waals surface area contributed by atoms with E-state index in [4.69, 9.17) is 10.00 Å². The number of nitrogens with one attached hydrogen (secondary N) is 1. The largest absolute Gasteiger partial charge is 0.504 e. The summed E-state index contributed by atoms with van der Waals surface area (Å²) in [4.78, 5) is 21.3. The molecule has 8 heteroatoms. The van der Waals surface area contributed by atoms with Gasteiger partial charge < -0.3 is 15.2 Å². The number of anilines is 1. The first-order valence-corrected chi connectivity index (χ1v) is 9.51. The Kier molecular flexibility index (Phi) is 6.66. The second-order valence-electron chi connectivity index (χ2n) is 6.00. The van der Waals surface area contributed by atoms with Gasteiger partial charge in [0.1, 0.15) is 17.3 Å². The third kappa shape index (κ3) is 5.70. The van der Waals surface area contributed by atoms with Gasteiger partial charge in [-0.25, -0.2) is 9.97 Å². The molecule has 7 nitrogen and oxygen atoms in total. The van der Waals surface area contributed by atoms with Crippen molar-refractivity contribution in [3.05, 3.63) is 66.1 Å². The molecule has 0 atom stereocenters. The van der Waals surface area contributed by atoms with Gasteiger partial charge in [0.25, 0.3) is 0 Å². The molecule has 0 bridgehead atoms. The van der Waals surface area contributed by atoms with Crippen LogP contribution in [0.5, 0.6) is 11.5 Å². The van der Waals surface area contributed by atoms with Gasteiger partial charge >= 0.3 is 0 Å². The lowest BCUT2D eigenvalue weighted by atomic mass is 10.1. The van der Waals surface area contributed by atoms with Gasteiger partial charge in [-0.05, 0) is 48.0 Å². The van der Waals surface area contributed by atoms with Gasteiger partial charge in [-0.2, -0.15) is 5.26 Å². The van der Waals surface area contributed by atoms with Crippen molar-refractivity contribution in [1.29, 1.82) is 5.26 Å². The summed E-state index contributed by atoms with van der Waals surface area (Å²) in [6.45, 7) is 0. The number of nitriles is 1. The molecule has 2 aromatic carbocycles. The Balaban J connectivity index is 1.67. The van der Waals surface area contributed by atoms with E-state index < -0.39 is 0 Å². The minimum absolute atomic E-state index is 0.0914. The number of ether oxygens (including phenoxy) is 1. The van der Waals surface area contributed by atoms with Crippen LogP contribution in [0.15, 0.2) is 64.6 Å². The lowest BCUT2D eigenvalue weighted by molar-refractivity contribution is -0.115. The van der Waals surface area contributed by atoms with Crippen molar-refractivity contribution < 1.29 is 14.6 Å². The summed E-state index contributed by atoms with van der Waals surface area (Å²) in [5.74, 6) is 0.825. The zero-order chi connectivity index (χ0) is 20.6. The van der Waals surface area contributed by atoms with Crippen molar-refractivity contribution in [3.63, 3.8) is 0 Å². The minimum atomic E-state index is -0.334. The molecule has 0 aliphatic carbocycles. The van der Waals surface area contributed by atoms with Gasteiger partial charge in [0, 0.05) is 23.2 Å². The van der Waals surface area contributed by atoms with Crippen LogP contribution in [-0.2, 0) is 11.2 Å². The number of carbonyl (C=O) groups is 1. The Morgan fingerprint density at radius 3 is 2.76 bits per heavy atom. The van der Waals surface area contributed by atoms with Gasteiger partial charge in [0.15, 0.2) is 11.5 Å². The lowest BCUT2D eigenvalue weighted by Crippen LogP contribution is -2.09. The second-order valence-corrected chi connectivity index (χ2v) is 7.10. The predicted octanol–water partition coefficient (Wildman–Crippen LogP) is 3.78. The highest BCUT2D eigenvalue weighted by molar-refractivity contribution is 7.99. The SMILES string of the molecule is COc1cc(Cc2nccc(Sc3ccc(NC(=O)CC#N)cc3)n2)ccc1O. The molecule has 1 aromatic heterocycles. The summed E-state index contributed by atoms with van der Waals surface area (Å²) >= 11 is 1.48. The van der Waals surface area contributed by atoms with E-state index in [1.54, 1.807) is 36.5 Å². The molecule has 0 aliphatic heterocycles. The number of aromatic nitrogens is 2. The zero-order valence-corrected chi connectivity index (χ0v) is 16.4. The van der Waals surface area contributed by atoms with Gasteiger partial charge in [0.2, 0.25) is 5.91 Å². The molecule has 146 valence electrons. The van der Waals surface area contributed by atoms with Crippen LogP contribution >= 0.6 is 11.8 Å². The van der Waals surface area contributed by atoms with E-state index in [1.165, 1.54) is 18.9 Å². The Bertz CT molecular complexity index is 1050. The topological polar surface area (TPSA) is 108 Å². The van der Waals surface area contributed by atoms with Crippen LogP contribution in [0.25, 0.3) is 0 Å². The molecule has 0 saturated heterocycles. The molecule has 0 aliphatic rings. The molecular weight excluding hydrogens is 388 g/mol. The fourth-order valence-electron chi connectivity index (χ4n) is 2.54. The average molecular weight is 406 g/mol. The highest BCUT2D eigenvalue weighted by Gasteiger charge is 2.07. The van der Waals surface area contributed by atoms with Crippen LogP contribution in [0.4, 0.5) is 5.69 Å². The number of phenols is 1. The first-order valence-electron chi connectivity index (χ1n) is 8.70.